The quantitative estimate of drug-likeness (QED) is 0.257. The van der Waals surface area contributed by atoms with E-state index in [-0.39, 0.29) is 18.6 Å². The first-order valence-corrected chi connectivity index (χ1v) is 15.5. The molecule has 0 aromatic carbocycles. The van der Waals surface area contributed by atoms with Crippen LogP contribution in [0.25, 0.3) is 0 Å². The number of nitrogens with zero attached hydrogens (tertiary/aromatic N) is 4. The number of nitrogen functional groups attached to an aromatic ring is 1. The Kier molecular flexibility index (Phi) is 18.2. The van der Waals surface area contributed by atoms with Crippen LogP contribution in [0.15, 0.2) is 33.5 Å². The van der Waals surface area contributed by atoms with Gasteiger partial charge in [0.15, 0.2) is 0 Å². The predicted octanol–water partition coefficient (Wildman–Crippen LogP) is 6.08. The minimum Gasteiger partial charge on any atom is -0.480 e. The van der Waals surface area contributed by atoms with E-state index in [2.05, 4.69) is 71.0 Å². The molecular weight excluding hydrogens is 692 g/mol. The molecule has 0 aliphatic carbocycles. The average Bonchev–Trinajstić information content (AvgIpc) is 2.94. The van der Waals surface area contributed by atoms with Gasteiger partial charge in [0.1, 0.15) is 14.9 Å². The first-order valence-electron chi connectivity index (χ1n) is 13.5. The van der Waals surface area contributed by atoms with Crippen molar-refractivity contribution in [3.05, 3.63) is 33.5 Å². The second-order valence-electron chi connectivity index (χ2n) is 10.2. The SMILES string of the molecule is C.CN1CCC(CC(=O)Cl)CC1.COc1nc(Br)ccc1N.COc1nc(Br)ccc1NC(=O)CC1CCN(C)CC1. The highest BCUT2D eigenvalue weighted by atomic mass is 79.9. The highest BCUT2D eigenvalue weighted by Gasteiger charge is 2.20. The molecule has 0 saturated carbocycles. The third kappa shape index (κ3) is 14.5. The number of carbonyl (C=O) groups is 2. The van der Waals surface area contributed by atoms with Gasteiger partial charge in [-0.05, 0) is 146 Å². The normalized spacial score (nSPS) is 16.1. The third-order valence-corrected chi connectivity index (χ3v) is 7.98. The first-order chi connectivity index (χ1) is 19.5. The monoisotopic (exact) mass is 734 g/mol. The van der Waals surface area contributed by atoms with Crippen LogP contribution in [0.5, 0.6) is 11.8 Å². The number of nitrogens with one attached hydrogen (secondary N) is 1. The number of hydrogen-bond donors (Lipinski definition) is 2. The third-order valence-electron chi connectivity index (χ3n) is 6.94. The fraction of sp³-hybridized carbons (Fsp3) is 0.586. The van der Waals surface area contributed by atoms with Crippen LogP contribution in [0.1, 0.15) is 46.0 Å². The van der Waals surface area contributed by atoms with E-state index in [0.29, 0.717) is 52.4 Å². The predicted molar refractivity (Wildman–Crippen MR) is 177 cm³/mol. The van der Waals surface area contributed by atoms with E-state index in [1.165, 1.54) is 7.11 Å². The number of piperidine rings is 2. The van der Waals surface area contributed by atoms with Gasteiger partial charge in [0.2, 0.25) is 22.9 Å². The van der Waals surface area contributed by atoms with Gasteiger partial charge in [-0.15, -0.1) is 0 Å². The minimum absolute atomic E-state index is 0. The molecule has 0 atom stereocenters. The Balaban J connectivity index is 0.000000341. The molecule has 2 aromatic rings. The first kappa shape index (κ1) is 38.0. The Morgan fingerprint density at radius 1 is 0.881 bits per heavy atom. The summed E-state index contributed by atoms with van der Waals surface area (Å²) in [5.74, 6) is 1.92. The maximum atomic E-state index is 12.1. The van der Waals surface area contributed by atoms with Gasteiger partial charge in [-0.1, -0.05) is 7.43 Å². The number of methoxy groups -OCH3 is 2. The molecule has 13 heteroatoms. The lowest BCUT2D eigenvalue weighted by atomic mass is 9.93. The molecule has 0 radical (unpaired) electrons. The summed E-state index contributed by atoms with van der Waals surface area (Å²) in [5, 5.41) is 2.71. The zero-order valence-electron chi connectivity index (χ0n) is 24.2. The van der Waals surface area contributed by atoms with Gasteiger partial charge in [-0.2, -0.15) is 0 Å². The van der Waals surface area contributed by atoms with Crippen LogP contribution in [-0.4, -0.2) is 85.4 Å². The van der Waals surface area contributed by atoms with Gasteiger partial charge in [0.05, 0.1) is 19.9 Å². The Bertz CT molecular complexity index is 1110. The molecule has 236 valence electrons. The molecule has 2 aliphatic rings. The molecule has 0 spiro atoms. The molecule has 3 N–H and O–H groups in total. The topological polar surface area (TPSA) is 123 Å². The van der Waals surface area contributed by atoms with Crippen LogP contribution in [0.3, 0.4) is 0 Å². The zero-order valence-corrected chi connectivity index (χ0v) is 28.1. The van der Waals surface area contributed by atoms with Crippen molar-refractivity contribution in [3.8, 4) is 11.8 Å². The minimum atomic E-state index is -0.181. The highest BCUT2D eigenvalue weighted by molar-refractivity contribution is 9.10. The summed E-state index contributed by atoms with van der Waals surface area (Å²) in [7, 11) is 7.31. The summed E-state index contributed by atoms with van der Waals surface area (Å²) in [6, 6.07) is 7.07. The number of anilines is 2. The molecule has 2 fully saturated rings. The van der Waals surface area contributed by atoms with E-state index < -0.39 is 0 Å². The van der Waals surface area contributed by atoms with Crippen molar-refractivity contribution in [2.75, 3.05) is 65.5 Å². The second kappa shape index (κ2) is 20.1. The number of likely N-dealkylation sites (tertiary alicyclic amines) is 2. The summed E-state index contributed by atoms with van der Waals surface area (Å²) in [5.41, 5.74) is 6.66. The largest absolute Gasteiger partial charge is 0.480 e. The number of aromatic nitrogens is 2. The number of pyridine rings is 2. The molecule has 2 aliphatic heterocycles. The number of hydrogen-bond acceptors (Lipinski definition) is 9. The summed E-state index contributed by atoms with van der Waals surface area (Å²) >= 11 is 11.8. The van der Waals surface area contributed by atoms with Crippen molar-refractivity contribution < 1.29 is 19.1 Å². The van der Waals surface area contributed by atoms with Crippen molar-refractivity contribution in [3.63, 3.8) is 0 Å². The molecule has 2 saturated heterocycles. The zero-order chi connectivity index (χ0) is 30.4. The fourth-order valence-corrected chi connectivity index (χ4v) is 5.29. The Hall–Kier alpha value is -1.99. The van der Waals surface area contributed by atoms with Crippen LogP contribution in [-0.2, 0) is 9.59 Å². The van der Waals surface area contributed by atoms with E-state index in [1.807, 2.05) is 0 Å². The van der Waals surface area contributed by atoms with Crippen molar-refractivity contribution in [2.24, 2.45) is 11.8 Å². The summed E-state index contributed by atoms with van der Waals surface area (Å²) < 4.78 is 11.4. The number of rotatable bonds is 7. The van der Waals surface area contributed by atoms with Gasteiger partial charge in [-0.3, -0.25) is 9.59 Å². The number of amides is 1. The molecule has 4 rings (SSSR count). The van der Waals surface area contributed by atoms with Crippen LogP contribution >= 0.6 is 43.5 Å². The van der Waals surface area contributed by atoms with Gasteiger partial charge in [-0.25, -0.2) is 9.97 Å². The molecule has 0 bridgehead atoms. The van der Waals surface area contributed by atoms with E-state index in [1.54, 1.807) is 31.4 Å². The molecule has 2 aromatic heterocycles. The van der Waals surface area contributed by atoms with Gasteiger partial charge in [0, 0.05) is 12.8 Å². The maximum absolute atomic E-state index is 12.1. The molecular formula is C29H45Br2ClN6O4. The van der Waals surface area contributed by atoms with Gasteiger partial charge < -0.3 is 30.3 Å². The molecule has 0 unspecified atom stereocenters. The highest BCUT2D eigenvalue weighted by Crippen LogP contribution is 2.26. The van der Waals surface area contributed by atoms with Crippen molar-refractivity contribution >= 4 is 66.0 Å². The Morgan fingerprint density at radius 2 is 1.33 bits per heavy atom. The molecule has 1 amide bonds. The number of ether oxygens (including phenoxy) is 2. The molecule has 10 nitrogen and oxygen atoms in total. The van der Waals surface area contributed by atoms with Crippen LogP contribution in [0.4, 0.5) is 11.4 Å². The van der Waals surface area contributed by atoms with Crippen molar-refractivity contribution in [2.45, 2.75) is 46.0 Å². The fourth-order valence-electron chi connectivity index (χ4n) is 4.48. The van der Waals surface area contributed by atoms with Crippen LogP contribution < -0.4 is 20.5 Å². The van der Waals surface area contributed by atoms with Gasteiger partial charge in [0.25, 0.3) is 0 Å². The standard InChI is InChI=1S/C14H20BrN3O2.C8H14ClNO.C6H7BrN2O.CH4/c1-18-7-5-10(6-8-18)9-13(19)16-11-3-4-12(15)17-14(11)20-2;1-10-4-2-7(3-5-10)6-8(9)11;1-10-6-4(8)2-3-5(7)9-6;/h3-4,10H,5-9H2,1-2H3,(H,16,19);7H,2-6H2,1H3;2-3H,8H2,1H3;1H4. The van der Waals surface area contributed by atoms with Crippen LogP contribution in [0.2, 0.25) is 0 Å². The van der Waals surface area contributed by atoms with E-state index >= 15 is 0 Å². The summed E-state index contributed by atoms with van der Waals surface area (Å²) in [6.07, 6.45) is 5.53. The van der Waals surface area contributed by atoms with Crippen molar-refractivity contribution in [1.82, 2.24) is 19.8 Å². The van der Waals surface area contributed by atoms with E-state index in [0.717, 1.165) is 56.5 Å². The maximum Gasteiger partial charge on any atom is 0.238 e. The summed E-state index contributed by atoms with van der Waals surface area (Å²) in [6.45, 7) is 4.35. The van der Waals surface area contributed by atoms with E-state index in [9.17, 15) is 9.59 Å². The number of nitrogens with two attached hydrogens (primary N) is 1. The molecule has 4 heterocycles. The summed E-state index contributed by atoms with van der Waals surface area (Å²) in [4.78, 5) is 35.4. The lowest BCUT2D eigenvalue weighted by Crippen LogP contribution is -2.32. The van der Waals surface area contributed by atoms with Crippen molar-refractivity contribution in [1.29, 1.82) is 0 Å². The van der Waals surface area contributed by atoms with Crippen LogP contribution in [0, 0.1) is 11.8 Å². The van der Waals surface area contributed by atoms with Gasteiger partial charge >= 0.3 is 0 Å². The van der Waals surface area contributed by atoms with E-state index in [4.69, 9.17) is 26.8 Å². The average molecular weight is 737 g/mol. The number of halogens is 3. The second-order valence-corrected chi connectivity index (χ2v) is 12.3. The molecule has 42 heavy (non-hydrogen) atoms. The Labute approximate surface area is 272 Å². The number of carbonyl (C=O) groups excluding carboxylic acids is 2. The Morgan fingerprint density at radius 3 is 1.79 bits per heavy atom. The lowest BCUT2D eigenvalue weighted by Gasteiger charge is -2.28. The lowest BCUT2D eigenvalue weighted by molar-refractivity contribution is -0.117. The smallest absolute Gasteiger partial charge is 0.238 e.